The Hall–Kier alpha value is -1.65. The molecule has 1 aromatic carbocycles. The van der Waals surface area contributed by atoms with Crippen LogP contribution in [0.4, 0.5) is 0 Å². The van der Waals surface area contributed by atoms with Crippen LogP contribution >= 0.6 is 11.6 Å². The van der Waals surface area contributed by atoms with Crippen LogP contribution in [0.5, 0.6) is 0 Å². The van der Waals surface area contributed by atoms with Gasteiger partial charge in [-0.2, -0.15) is 0 Å². The molecule has 1 aliphatic heterocycles. The number of halogens is 1. The third-order valence-corrected chi connectivity index (χ3v) is 3.97. The highest BCUT2D eigenvalue weighted by molar-refractivity contribution is 6.35. The third kappa shape index (κ3) is 2.62. The molecule has 1 aliphatic rings. The number of piperazine rings is 1. The second-order valence-corrected chi connectivity index (χ2v) is 5.60. The molecule has 0 atom stereocenters. The fourth-order valence-electron chi connectivity index (χ4n) is 2.47. The molecular formula is C15H16ClN3O. The Labute approximate surface area is 123 Å². The van der Waals surface area contributed by atoms with Gasteiger partial charge >= 0.3 is 0 Å². The highest BCUT2D eigenvalue weighted by atomic mass is 35.5. The van der Waals surface area contributed by atoms with Gasteiger partial charge in [0.15, 0.2) is 0 Å². The smallest absolute Gasteiger partial charge is 0.237 e. The summed E-state index contributed by atoms with van der Waals surface area (Å²) in [7, 11) is 1.97. The Morgan fingerprint density at radius 1 is 1.30 bits per heavy atom. The van der Waals surface area contributed by atoms with Crippen molar-refractivity contribution in [3.05, 3.63) is 41.0 Å². The van der Waals surface area contributed by atoms with Crippen LogP contribution in [0.15, 0.2) is 30.5 Å². The van der Waals surface area contributed by atoms with Gasteiger partial charge in [0.25, 0.3) is 0 Å². The second-order valence-electron chi connectivity index (χ2n) is 5.20. The van der Waals surface area contributed by atoms with Crippen molar-refractivity contribution >= 4 is 28.4 Å². The fourth-order valence-corrected chi connectivity index (χ4v) is 2.69. The Morgan fingerprint density at radius 3 is 2.95 bits per heavy atom. The molecule has 2 aromatic rings. The van der Waals surface area contributed by atoms with Gasteiger partial charge in [-0.3, -0.25) is 14.7 Å². The van der Waals surface area contributed by atoms with Gasteiger partial charge in [-0.25, -0.2) is 0 Å². The molecule has 0 radical (unpaired) electrons. The Bertz CT molecular complexity index is 659. The molecule has 1 saturated heterocycles. The molecule has 1 aromatic heterocycles. The molecular weight excluding hydrogens is 274 g/mol. The van der Waals surface area contributed by atoms with Gasteiger partial charge in [0.05, 0.1) is 17.1 Å². The van der Waals surface area contributed by atoms with Gasteiger partial charge in [-0.15, -0.1) is 0 Å². The van der Waals surface area contributed by atoms with E-state index in [4.69, 9.17) is 11.6 Å². The zero-order valence-corrected chi connectivity index (χ0v) is 12.1. The minimum absolute atomic E-state index is 0.179. The van der Waals surface area contributed by atoms with E-state index in [1.807, 2.05) is 35.0 Å². The average molecular weight is 290 g/mol. The average Bonchev–Trinajstić information content (AvgIpc) is 2.42. The summed E-state index contributed by atoms with van der Waals surface area (Å²) >= 11 is 6.13. The summed E-state index contributed by atoms with van der Waals surface area (Å²) < 4.78 is 0. The predicted octanol–water partition coefficient (Wildman–Crippen LogP) is 2.16. The SMILES string of the molecule is CN1CCN(Cc2ccc3c(Cl)ccnc3c2)C(=O)C1. The molecule has 20 heavy (non-hydrogen) atoms. The molecule has 0 bridgehead atoms. The summed E-state index contributed by atoms with van der Waals surface area (Å²) in [5.74, 6) is 0.179. The summed E-state index contributed by atoms with van der Waals surface area (Å²) in [6.07, 6.45) is 1.70. The number of amides is 1. The summed E-state index contributed by atoms with van der Waals surface area (Å²) in [5.41, 5.74) is 1.96. The van der Waals surface area contributed by atoms with Crippen molar-refractivity contribution in [2.75, 3.05) is 26.7 Å². The molecule has 0 N–H and O–H groups in total. The largest absolute Gasteiger partial charge is 0.336 e. The molecule has 104 valence electrons. The van der Waals surface area contributed by atoms with E-state index in [9.17, 15) is 4.79 Å². The lowest BCUT2D eigenvalue weighted by molar-refractivity contribution is -0.136. The summed E-state index contributed by atoms with van der Waals surface area (Å²) in [4.78, 5) is 20.2. The number of benzene rings is 1. The predicted molar refractivity (Wildman–Crippen MR) is 79.7 cm³/mol. The van der Waals surface area contributed by atoms with Crippen LogP contribution < -0.4 is 0 Å². The first kappa shape index (κ1) is 13.3. The second kappa shape index (κ2) is 5.38. The first-order valence-electron chi connectivity index (χ1n) is 6.63. The monoisotopic (exact) mass is 289 g/mol. The number of hydrogen-bond donors (Lipinski definition) is 0. The molecule has 0 saturated carbocycles. The molecule has 2 heterocycles. The summed E-state index contributed by atoms with van der Waals surface area (Å²) in [5, 5.41) is 1.65. The van der Waals surface area contributed by atoms with E-state index < -0.39 is 0 Å². The Morgan fingerprint density at radius 2 is 2.15 bits per heavy atom. The quantitative estimate of drug-likeness (QED) is 0.850. The van der Waals surface area contributed by atoms with Gasteiger partial charge < -0.3 is 4.90 Å². The van der Waals surface area contributed by atoms with Crippen LogP contribution in [-0.2, 0) is 11.3 Å². The lowest BCUT2D eigenvalue weighted by Gasteiger charge is -2.32. The minimum atomic E-state index is 0.179. The van der Waals surface area contributed by atoms with Crippen molar-refractivity contribution in [3.8, 4) is 0 Å². The van der Waals surface area contributed by atoms with E-state index >= 15 is 0 Å². The Kier molecular flexibility index (Phi) is 3.59. The topological polar surface area (TPSA) is 36.4 Å². The maximum Gasteiger partial charge on any atom is 0.237 e. The van der Waals surface area contributed by atoms with E-state index in [0.717, 1.165) is 29.6 Å². The number of pyridine rings is 1. The van der Waals surface area contributed by atoms with Crippen molar-refractivity contribution in [3.63, 3.8) is 0 Å². The summed E-state index contributed by atoms with van der Waals surface area (Å²) in [6, 6.07) is 7.78. The van der Waals surface area contributed by atoms with Crippen LogP contribution in [0.3, 0.4) is 0 Å². The molecule has 1 amide bonds. The first-order chi connectivity index (χ1) is 9.63. The zero-order valence-electron chi connectivity index (χ0n) is 11.3. The van der Waals surface area contributed by atoms with E-state index in [0.29, 0.717) is 18.1 Å². The molecule has 4 nitrogen and oxygen atoms in total. The Balaban J connectivity index is 1.83. The van der Waals surface area contributed by atoms with E-state index in [2.05, 4.69) is 4.98 Å². The maximum absolute atomic E-state index is 12.0. The van der Waals surface area contributed by atoms with Crippen molar-refractivity contribution in [2.45, 2.75) is 6.54 Å². The molecule has 5 heteroatoms. The van der Waals surface area contributed by atoms with Crippen LogP contribution in [0.25, 0.3) is 10.9 Å². The van der Waals surface area contributed by atoms with Crippen molar-refractivity contribution < 1.29 is 4.79 Å². The van der Waals surface area contributed by atoms with Gasteiger partial charge in [0.1, 0.15) is 0 Å². The first-order valence-corrected chi connectivity index (χ1v) is 7.01. The van der Waals surface area contributed by atoms with E-state index in [1.165, 1.54) is 0 Å². The number of nitrogens with zero attached hydrogens (tertiary/aromatic N) is 3. The number of carbonyl (C=O) groups is 1. The number of likely N-dealkylation sites (N-methyl/N-ethyl adjacent to an activating group) is 1. The third-order valence-electron chi connectivity index (χ3n) is 3.64. The van der Waals surface area contributed by atoms with Crippen molar-refractivity contribution in [1.82, 2.24) is 14.8 Å². The standard InChI is InChI=1S/C15H16ClN3O/c1-18-6-7-19(15(20)10-18)9-11-2-3-12-13(16)4-5-17-14(12)8-11/h2-5,8H,6-7,9-10H2,1H3. The molecule has 0 spiro atoms. The number of fused-ring (bicyclic) bond motifs is 1. The van der Waals surface area contributed by atoms with Gasteiger partial charge in [-0.1, -0.05) is 23.7 Å². The summed E-state index contributed by atoms with van der Waals surface area (Å²) in [6.45, 7) is 2.83. The number of carbonyl (C=O) groups excluding carboxylic acids is 1. The van der Waals surface area contributed by atoms with E-state index in [-0.39, 0.29) is 5.91 Å². The van der Waals surface area contributed by atoms with Crippen LogP contribution in [0, 0.1) is 0 Å². The van der Waals surface area contributed by atoms with Crippen molar-refractivity contribution in [1.29, 1.82) is 0 Å². The van der Waals surface area contributed by atoms with E-state index in [1.54, 1.807) is 12.3 Å². The highest BCUT2D eigenvalue weighted by Gasteiger charge is 2.21. The van der Waals surface area contributed by atoms with Crippen LogP contribution in [0.1, 0.15) is 5.56 Å². The fraction of sp³-hybridized carbons (Fsp3) is 0.333. The number of hydrogen-bond acceptors (Lipinski definition) is 3. The lowest BCUT2D eigenvalue weighted by Crippen LogP contribution is -2.48. The van der Waals surface area contributed by atoms with Gasteiger partial charge in [0.2, 0.25) is 5.91 Å². The van der Waals surface area contributed by atoms with Crippen LogP contribution in [0.2, 0.25) is 5.02 Å². The molecule has 3 rings (SSSR count). The lowest BCUT2D eigenvalue weighted by atomic mass is 10.1. The number of rotatable bonds is 2. The van der Waals surface area contributed by atoms with Gasteiger partial charge in [0, 0.05) is 31.2 Å². The molecule has 0 aliphatic carbocycles. The molecule has 0 unspecified atom stereocenters. The maximum atomic E-state index is 12.0. The normalized spacial score (nSPS) is 16.9. The number of aromatic nitrogens is 1. The zero-order chi connectivity index (χ0) is 14.1. The van der Waals surface area contributed by atoms with Crippen LogP contribution in [-0.4, -0.2) is 47.4 Å². The van der Waals surface area contributed by atoms with Crippen molar-refractivity contribution in [2.24, 2.45) is 0 Å². The highest BCUT2D eigenvalue weighted by Crippen LogP contribution is 2.23. The molecule has 1 fully saturated rings. The van der Waals surface area contributed by atoms with Gasteiger partial charge in [-0.05, 0) is 24.7 Å². The minimum Gasteiger partial charge on any atom is -0.336 e.